The molecule has 0 unspecified atom stereocenters. The van der Waals surface area contributed by atoms with Crippen LogP contribution in [0.2, 0.25) is 0 Å². The average molecular weight is 429 g/mol. The summed E-state index contributed by atoms with van der Waals surface area (Å²) in [6, 6.07) is 4.76. The smallest absolute Gasteiger partial charge is 0.260 e. The number of rotatable bonds is 6. The van der Waals surface area contributed by atoms with Crippen LogP contribution in [0.5, 0.6) is 5.75 Å². The first kappa shape index (κ1) is 20.8. The zero-order valence-electron chi connectivity index (χ0n) is 15.8. The minimum Gasteiger partial charge on any atom is -0.494 e. The van der Waals surface area contributed by atoms with E-state index in [1.807, 2.05) is 6.92 Å². The molecule has 9 nitrogen and oxygen atoms in total. The summed E-state index contributed by atoms with van der Waals surface area (Å²) >= 11 is 0. The van der Waals surface area contributed by atoms with Gasteiger partial charge in [0.25, 0.3) is 10.0 Å². The van der Waals surface area contributed by atoms with Crippen LogP contribution in [0, 0.1) is 6.92 Å². The van der Waals surface area contributed by atoms with E-state index in [4.69, 9.17) is 4.74 Å². The molecule has 28 heavy (non-hydrogen) atoms. The summed E-state index contributed by atoms with van der Waals surface area (Å²) < 4.78 is 59.5. The zero-order chi connectivity index (χ0) is 20.4. The van der Waals surface area contributed by atoms with Crippen molar-refractivity contribution >= 4 is 20.0 Å². The quantitative estimate of drug-likeness (QED) is 0.740. The predicted molar refractivity (Wildman–Crippen MR) is 103 cm³/mol. The molecule has 0 radical (unpaired) electrons. The molecule has 1 N–H and O–H groups in total. The van der Waals surface area contributed by atoms with Crippen molar-refractivity contribution in [2.24, 2.45) is 0 Å². The number of nitrogens with zero attached hydrogens (tertiary/aromatic N) is 3. The van der Waals surface area contributed by atoms with Gasteiger partial charge in [-0.05, 0) is 44.0 Å². The van der Waals surface area contributed by atoms with Crippen molar-refractivity contribution < 1.29 is 21.6 Å². The normalized spacial score (nSPS) is 17.4. The highest BCUT2D eigenvalue weighted by molar-refractivity contribution is 7.89. The van der Waals surface area contributed by atoms with Gasteiger partial charge in [-0.2, -0.15) is 8.61 Å². The molecule has 1 saturated heterocycles. The number of imidazole rings is 1. The second-order valence-corrected chi connectivity index (χ2v) is 10.3. The minimum absolute atomic E-state index is 0.00550. The Kier molecular flexibility index (Phi) is 6.08. The Morgan fingerprint density at radius 3 is 2.32 bits per heavy atom. The molecular formula is C17H24N4O5S2. The number of nitrogens with one attached hydrogen (secondary N) is 1. The third-order valence-corrected chi connectivity index (χ3v) is 8.31. The number of hydrogen-bond acceptors (Lipinski definition) is 6. The van der Waals surface area contributed by atoms with E-state index in [0.717, 1.165) is 5.56 Å². The first-order valence-electron chi connectivity index (χ1n) is 8.99. The van der Waals surface area contributed by atoms with E-state index in [2.05, 4.69) is 9.97 Å². The fourth-order valence-corrected chi connectivity index (χ4v) is 6.04. The molecule has 2 heterocycles. The second-order valence-electron chi connectivity index (χ2n) is 6.44. The molecule has 0 atom stereocenters. The summed E-state index contributed by atoms with van der Waals surface area (Å²) in [5, 5.41) is 0.00550. The van der Waals surface area contributed by atoms with Crippen LogP contribution in [0.4, 0.5) is 0 Å². The number of sulfonamides is 2. The molecule has 0 spiro atoms. The SMILES string of the molecule is CCOc1ccc(S(=O)(=O)N2CCCN(S(=O)(=O)c3cnc[nH]3)CC2)cc1C. The molecule has 1 aromatic carbocycles. The van der Waals surface area contributed by atoms with Gasteiger partial charge in [0.1, 0.15) is 5.75 Å². The van der Waals surface area contributed by atoms with E-state index in [1.165, 1.54) is 27.2 Å². The fourth-order valence-electron chi connectivity index (χ4n) is 3.12. The first-order chi connectivity index (χ1) is 13.3. The second kappa shape index (κ2) is 8.19. The fraction of sp³-hybridized carbons (Fsp3) is 0.471. The van der Waals surface area contributed by atoms with E-state index >= 15 is 0 Å². The van der Waals surface area contributed by atoms with Gasteiger partial charge in [0, 0.05) is 26.2 Å². The highest BCUT2D eigenvalue weighted by Crippen LogP contribution is 2.25. The van der Waals surface area contributed by atoms with Crippen molar-refractivity contribution in [3.63, 3.8) is 0 Å². The molecule has 3 rings (SSSR count). The largest absolute Gasteiger partial charge is 0.494 e. The molecule has 0 amide bonds. The van der Waals surface area contributed by atoms with Crippen LogP contribution in [-0.2, 0) is 20.0 Å². The van der Waals surface area contributed by atoms with Gasteiger partial charge >= 0.3 is 0 Å². The van der Waals surface area contributed by atoms with Gasteiger partial charge in [0.05, 0.1) is 24.0 Å². The maximum absolute atomic E-state index is 13.0. The molecule has 1 aromatic heterocycles. The number of hydrogen-bond donors (Lipinski definition) is 1. The zero-order valence-corrected chi connectivity index (χ0v) is 17.5. The van der Waals surface area contributed by atoms with Gasteiger partial charge in [0.15, 0.2) is 5.03 Å². The monoisotopic (exact) mass is 428 g/mol. The summed E-state index contributed by atoms with van der Waals surface area (Å²) in [7, 11) is -7.44. The van der Waals surface area contributed by atoms with Gasteiger partial charge in [-0.1, -0.05) is 0 Å². The van der Waals surface area contributed by atoms with E-state index in [-0.39, 0.29) is 36.1 Å². The van der Waals surface area contributed by atoms with Crippen LogP contribution < -0.4 is 4.74 Å². The lowest BCUT2D eigenvalue weighted by Gasteiger charge is -2.21. The Morgan fingerprint density at radius 1 is 1.07 bits per heavy atom. The summed E-state index contributed by atoms with van der Waals surface area (Å²) in [4.78, 5) is 6.53. The van der Waals surface area contributed by atoms with Crippen molar-refractivity contribution in [2.75, 3.05) is 32.8 Å². The highest BCUT2D eigenvalue weighted by Gasteiger charge is 2.32. The van der Waals surface area contributed by atoms with E-state index < -0.39 is 20.0 Å². The van der Waals surface area contributed by atoms with Crippen LogP contribution in [0.25, 0.3) is 0 Å². The number of aromatic amines is 1. The van der Waals surface area contributed by atoms with Crippen LogP contribution in [-0.4, -0.2) is 68.2 Å². The maximum Gasteiger partial charge on any atom is 0.260 e. The van der Waals surface area contributed by atoms with Gasteiger partial charge in [-0.25, -0.2) is 21.8 Å². The van der Waals surface area contributed by atoms with Crippen molar-refractivity contribution in [3.8, 4) is 5.75 Å². The van der Waals surface area contributed by atoms with Crippen molar-refractivity contribution in [1.82, 2.24) is 18.6 Å². The first-order valence-corrected chi connectivity index (χ1v) is 11.9. The van der Waals surface area contributed by atoms with E-state index in [9.17, 15) is 16.8 Å². The molecule has 0 bridgehead atoms. The van der Waals surface area contributed by atoms with Crippen LogP contribution in [0.1, 0.15) is 18.9 Å². The summed E-state index contributed by atoms with van der Waals surface area (Å²) in [5.41, 5.74) is 0.737. The number of benzene rings is 1. The number of aromatic nitrogens is 2. The van der Waals surface area contributed by atoms with Crippen LogP contribution in [0.15, 0.2) is 40.6 Å². The Bertz CT molecular complexity index is 1020. The lowest BCUT2D eigenvalue weighted by atomic mass is 10.2. The van der Waals surface area contributed by atoms with Gasteiger partial charge in [-0.3, -0.25) is 0 Å². The number of ether oxygens (including phenoxy) is 1. The molecule has 1 aliphatic rings. The van der Waals surface area contributed by atoms with E-state index in [1.54, 1.807) is 19.1 Å². The molecule has 1 fully saturated rings. The maximum atomic E-state index is 13.0. The molecule has 154 valence electrons. The van der Waals surface area contributed by atoms with Crippen molar-refractivity contribution in [2.45, 2.75) is 30.2 Å². The number of aryl methyl sites for hydroxylation is 1. The van der Waals surface area contributed by atoms with E-state index in [0.29, 0.717) is 18.8 Å². The molecule has 2 aromatic rings. The molecule has 11 heteroatoms. The standard InChI is InChI=1S/C17H24N4O5S2/c1-3-26-16-6-5-15(11-14(16)2)27(22,23)20-7-4-8-21(10-9-20)28(24,25)17-12-18-13-19-17/h5-6,11-13H,3-4,7-10H2,1-2H3,(H,18,19). The van der Waals surface area contributed by atoms with Crippen LogP contribution >= 0.6 is 0 Å². The van der Waals surface area contributed by atoms with Crippen LogP contribution in [0.3, 0.4) is 0 Å². The molecule has 0 saturated carbocycles. The average Bonchev–Trinajstić information content (AvgIpc) is 3.08. The van der Waals surface area contributed by atoms with Crippen molar-refractivity contribution in [3.05, 3.63) is 36.3 Å². The summed E-state index contributed by atoms with van der Waals surface area (Å²) in [6.07, 6.45) is 2.95. The van der Waals surface area contributed by atoms with Gasteiger partial charge in [0.2, 0.25) is 10.0 Å². The highest BCUT2D eigenvalue weighted by atomic mass is 32.2. The third kappa shape index (κ3) is 4.07. The topological polar surface area (TPSA) is 113 Å². The van der Waals surface area contributed by atoms with Gasteiger partial charge in [-0.15, -0.1) is 0 Å². The Balaban J connectivity index is 1.79. The Morgan fingerprint density at radius 2 is 1.75 bits per heavy atom. The molecule has 0 aliphatic carbocycles. The van der Waals surface area contributed by atoms with Crippen molar-refractivity contribution in [1.29, 1.82) is 0 Å². The van der Waals surface area contributed by atoms with Gasteiger partial charge < -0.3 is 9.72 Å². The lowest BCUT2D eigenvalue weighted by molar-refractivity contribution is 0.337. The lowest BCUT2D eigenvalue weighted by Crippen LogP contribution is -2.37. The molecule has 1 aliphatic heterocycles. The predicted octanol–water partition coefficient (Wildman–Crippen LogP) is 1.20. The number of H-pyrrole nitrogens is 1. The summed E-state index contributed by atoms with van der Waals surface area (Å²) in [5.74, 6) is 0.647. The summed E-state index contributed by atoms with van der Waals surface area (Å²) in [6.45, 7) is 4.83. The minimum atomic E-state index is -3.73. The molecular weight excluding hydrogens is 404 g/mol. The third-order valence-electron chi connectivity index (χ3n) is 4.59. The Labute approximate surface area is 165 Å². The Hall–Kier alpha value is -1.95.